The molecule has 0 unspecified atom stereocenters. The molecule has 122 valence electrons. The molecule has 1 aliphatic rings. The molecule has 1 atom stereocenters. The number of fused-ring (bicyclic) bond motifs is 1. The Morgan fingerprint density at radius 1 is 1.39 bits per heavy atom. The summed E-state index contributed by atoms with van der Waals surface area (Å²) in [6, 6.07) is 7.43. The minimum Gasteiger partial charge on any atom is -0.352 e. The van der Waals surface area contributed by atoms with Crippen LogP contribution in [-0.4, -0.2) is 47.9 Å². The highest BCUT2D eigenvalue weighted by atomic mass is 32.1. The third-order valence-corrected chi connectivity index (χ3v) is 4.93. The molecule has 0 spiro atoms. The minimum atomic E-state index is -0.410. The highest BCUT2D eigenvalue weighted by molar-refractivity contribution is 7.22. The number of carbonyl (C=O) groups excluding carboxylic acids is 2. The first-order chi connectivity index (χ1) is 11.1. The summed E-state index contributed by atoms with van der Waals surface area (Å²) in [6.45, 7) is 0.877. The summed E-state index contributed by atoms with van der Waals surface area (Å²) in [7, 11) is 1.78. The van der Waals surface area contributed by atoms with Gasteiger partial charge in [-0.3, -0.25) is 9.59 Å². The van der Waals surface area contributed by atoms with Gasteiger partial charge in [0.1, 0.15) is 6.04 Å². The summed E-state index contributed by atoms with van der Waals surface area (Å²) in [4.78, 5) is 30.4. The zero-order chi connectivity index (χ0) is 16.2. The third-order valence-electron chi connectivity index (χ3n) is 3.94. The summed E-state index contributed by atoms with van der Waals surface area (Å²) in [5.41, 5.74) is 0.918. The fourth-order valence-electron chi connectivity index (χ4n) is 2.68. The molecule has 2 N–H and O–H groups in total. The number of hydrogen-bond donors (Lipinski definition) is 2. The van der Waals surface area contributed by atoms with Crippen LogP contribution in [0.5, 0.6) is 0 Å². The van der Waals surface area contributed by atoms with Gasteiger partial charge in [-0.25, -0.2) is 4.98 Å². The molecule has 0 saturated carbocycles. The van der Waals surface area contributed by atoms with Crippen LogP contribution in [0.4, 0.5) is 5.13 Å². The molecule has 2 aromatic rings. The second-order valence-corrected chi connectivity index (χ2v) is 6.75. The molecule has 1 saturated heterocycles. The summed E-state index contributed by atoms with van der Waals surface area (Å²) in [6.07, 6.45) is 2.64. The SMILES string of the molecule is CN1CCCC[C@@H](NC(=O)CNc2nc3ccccc3s2)C1=O. The molecule has 6 nitrogen and oxygen atoms in total. The number of hydrogen-bond acceptors (Lipinski definition) is 5. The standard InChI is InChI=1S/C16H20N4O2S/c1-20-9-5-4-7-12(15(20)22)18-14(21)10-17-16-19-11-6-2-3-8-13(11)23-16/h2-3,6,8,12H,4-5,7,9-10H2,1H3,(H,17,19)(H,18,21)/t12-/m1/s1. The van der Waals surface area contributed by atoms with E-state index >= 15 is 0 Å². The second-order valence-electron chi connectivity index (χ2n) is 5.72. The van der Waals surface area contributed by atoms with Gasteiger partial charge in [-0.2, -0.15) is 0 Å². The summed E-state index contributed by atoms with van der Waals surface area (Å²) < 4.78 is 1.08. The number of carbonyl (C=O) groups is 2. The van der Waals surface area contributed by atoms with Crippen molar-refractivity contribution in [1.82, 2.24) is 15.2 Å². The van der Waals surface area contributed by atoms with Crippen molar-refractivity contribution in [3.63, 3.8) is 0 Å². The van der Waals surface area contributed by atoms with Crippen LogP contribution in [0.25, 0.3) is 10.2 Å². The number of para-hydroxylation sites is 1. The van der Waals surface area contributed by atoms with Crippen LogP contribution in [0.1, 0.15) is 19.3 Å². The van der Waals surface area contributed by atoms with Crippen molar-refractivity contribution >= 4 is 38.5 Å². The Kier molecular flexibility index (Phi) is 4.76. The summed E-state index contributed by atoms with van der Waals surface area (Å²) >= 11 is 1.51. The van der Waals surface area contributed by atoms with Crippen LogP contribution >= 0.6 is 11.3 Å². The molecule has 1 aromatic heterocycles. The largest absolute Gasteiger partial charge is 0.352 e. The van der Waals surface area contributed by atoms with Gasteiger partial charge >= 0.3 is 0 Å². The topological polar surface area (TPSA) is 74.3 Å². The van der Waals surface area contributed by atoms with Gasteiger partial charge in [0, 0.05) is 13.6 Å². The van der Waals surface area contributed by atoms with Gasteiger partial charge in [0.25, 0.3) is 0 Å². The van der Waals surface area contributed by atoms with Gasteiger partial charge in [0.05, 0.1) is 16.8 Å². The van der Waals surface area contributed by atoms with Crippen LogP contribution in [0.15, 0.2) is 24.3 Å². The molecule has 1 fully saturated rings. The van der Waals surface area contributed by atoms with E-state index in [2.05, 4.69) is 15.6 Å². The Hall–Kier alpha value is -2.15. The van der Waals surface area contributed by atoms with Crippen LogP contribution in [0.3, 0.4) is 0 Å². The van der Waals surface area contributed by atoms with E-state index < -0.39 is 6.04 Å². The lowest BCUT2D eigenvalue weighted by Crippen LogP contribution is -2.47. The van der Waals surface area contributed by atoms with Gasteiger partial charge in [0.15, 0.2) is 5.13 Å². The van der Waals surface area contributed by atoms with E-state index in [1.165, 1.54) is 11.3 Å². The average molecular weight is 332 g/mol. The van der Waals surface area contributed by atoms with Crippen molar-refractivity contribution in [3.05, 3.63) is 24.3 Å². The first-order valence-electron chi connectivity index (χ1n) is 7.77. The maximum absolute atomic E-state index is 12.2. The van der Waals surface area contributed by atoms with E-state index in [0.717, 1.165) is 29.6 Å². The Balaban J connectivity index is 1.55. The summed E-state index contributed by atoms with van der Waals surface area (Å²) in [5, 5.41) is 6.58. The second kappa shape index (κ2) is 6.95. The molecule has 0 aliphatic carbocycles. The van der Waals surface area contributed by atoms with Gasteiger partial charge in [-0.1, -0.05) is 23.5 Å². The summed E-state index contributed by atoms with van der Waals surface area (Å²) in [5.74, 6) is -0.186. The molecule has 2 amide bonds. The van der Waals surface area contributed by atoms with Crippen LogP contribution in [-0.2, 0) is 9.59 Å². The number of nitrogens with one attached hydrogen (secondary N) is 2. The van der Waals surface area contributed by atoms with E-state index in [-0.39, 0.29) is 18.4 Å². The average Bonchev–Trinajstić information content (AvgIpc) is 2.91. The van der Waals surface area contributed by atoms with Crippen molar-refractivity contribution in [3.8, 4) is 0 Å². The van der Waals surface area contributed by atoms with Crippen molar-refractivity contribution in [2.24, 2.45) is 0 Å². The molecule has 2 heterocycles. The lowest BCUT2D eigenvalue weighted by molar-refractivity contribution is -0.134. The lowest BCUT2D eigenvalue weighted by Gasteiger charge is -2.20. The fourth-order valence-corrected chi connectivity index (χ4v) is 3.54. The zero-order valence-electron chi connectivity index (χ0n) is 13.0. The van der Waals surface area contributed by atoms with Crippen LogP contribution in [0.2, 0.25) is 0 Å². The molecule has 1 aliphatic heterocycles. The minimum absolute atomic E-state index is 0.00385. The Morgan fingerprint density at radius 3 is 3.04 bits per heavy atom. The third kappa shape index (κ3) is 3.79. The maximum atomic E-state index is 12.2. The van der Waals surface area contributed by atoms with Gasteiger partial charge < -0.3 is 15.5 Å². The quantitative estimate of drug-likeness (QED) is 0.896. The normalized spacial score (nSPS) is 18.7. The Bertz CT molecular complexity index is 682. The molecular weight excluding hydrogens is 312 g/mol. The molecule has 23 heavy (non-hydrogen) atoms. The van der Waals surface area contributed by atoms with Crippen molar-refractivity contribution in [2.45, 2.75) is 25.3 Å². The number of thiazole rings is 1. The first kappa shape index (κ1) is 15.7. The van der Waals surface area contributed by atoms with Gasteiger partial charge in [0.2, 0.25) is 11.8 Å². The van der Waals surface area contributed by atoms with E-state index in [9.17, 15) is 9.59 Å². The molecule has 1 aromatic carbocycles. The lowest BCUT2D eigenvalue weighted by atomic mass is 10.1. The number of likely N-dealkylation sites (tertiary alicyclic amines) is 1. The number of anilines is 1. The number of rotatable bonds is 4. The Labute approximate surface area is 138 Å². The maximum Gasteiger partial charge on any atom is 0.244 e. The van der Waals surface area contributed by atoms with Crippen molar-refractivity contribution < 1.29 is 9.59 Å². The number of amides is 2. The molecule has 0 radical (unpaired) electrons. The van der Waals surface area contributed by atoms with Crippen LogP contribution in [0, 0.1) is 0 Å². The van der Waals surface area contributed by atoms with Gasteiger partial charge in [-0.15, -0.1) is 0 Å². The highest BCUT2D eigenvalue weighted by Gasteiger charge is 2.25. The first-order valence-corrected chi connectivity index (χ1v) is 8.59. The van der Waals surface area contributed by atoms with Gasteiger partial charge in [-0.05, 0) is 31.4 Å². The number of likely N-dealkylation sites (N-methyl/N-ethyl adjacent to an activating group) is 1. The van der Waals surface area contributed by atoms with E-state index in [0.29, 0.717) is 11.6 Å². The molecule has 0 bridgehead atoms. The fraction of sp³-hybridized carbons (Fsp3) is 0.438. The van der Waals surface area contributed by atoms with E-state index in [1.807, 2.05) is 24.3 Å². The number of benzene rings is 1. The van der Waals surface area contributed by atoms with E-state index in [4.69, 9.17) is 0 Å². The van der Waals surface area contributed by atoms with Crippen LogP contribution < -0.4 is 10.6 Å². The monoisotopic (exact) mass is 332 g/mol. The smallest absolute Gasteiger partial charge is 0.244 e. The molecular formula is C16H20N4O2S. The zero-order valence-corrected chi connectivity index (χ0v) is 13.9. The van der Waals surface area contributed by atoms with E-state index in [1.54, 1.807) is 11.9 Å². The molecule has 7 heteroatoms. The number of nitrogens with zero attached hydrogens (tertiary/aromatic N) is 2. The predicted octanol–water partition coefficient (Wildman–Crippen LogP) is 1.84. The Morgan fingerprint density at radius 2 is 2.22 bits per heavy atom. The van der Waals surface area contributed by atoms with Crippen molar-refractivity contribution in [1.29, 1.82) is 0 Å². The number of aromatic nitrogens is 1. The highest BCUT2D eigenvalue weighted by Crippen LogP contribution is 2.25. The van der Waals surface area contributed by atoms with Crippen molar-refractivity contribution in [2.75, 3.05) is 25.5 Å². The predicted molar refractivity (Wildman–Crippen MR) is 91.5 cm³/mol. The molecule has 3 rings (SSSR count).